The Morgan fingerprint density at radius 3 is 2.37 bits per heavy atom. The molecule has 2 aliphatic rings. The van der Waals surface area contributed by atoms with Crippen molar-refractivity contribution >= 4 is 24.2 Å². The maximum Gasteiger partial charge on any atom is 0.488 e. The number of carbonyl (C=O) groups is 1. The Morgan fingerprint density at radius 2 is 1.74 bits per heavy atom. The third-order valence-corrected chi connectivity index (χ3v) is 6.24. The molecule has 1 saturated carbocycles. The Labute approximate surface area is 158 Å². The minimum absolute atomic E-state index is 0.0829. The lowest BCUT2D eigenvalue weighted by Crippen LogP contribution is -2.44. The van der Waals surface area contributed by atoms with Crippen molar-refractivity contribution in [2.24, 2.45) is 5.92 Å². The summed E-state index contributed by atoms with van der Waals surface area (Å²) < 4.78 is 14.8. The minimum atomic E-state index is -1.56. The first kappa shape index (κ1) is 18.2. The first-order valence-corrected chi connectivity index (χ1v) is 9.54. The van der Waals surface area contributed by atoms with Crippen LogP contribution in [0.4, 0.5) is 10.1 Å². The maximum absolute atomic E-state index is 14.8. The van der Waals surface area contributed by atoms with Gasteiger partial charge in [-0.2, -0.15) is 0 Å². The average Bonchev–Trinajstić information content (AvgIpc) is 2.99. The molecule has 27 heavy (non-hydrogen) atoms. The number of anilines is 1. The Kier molecular flexibility index (Phi) is 4.56. The standard InChI is InChI=1S/C21H23BFNO3/c1-13-7-12-17-19(18(13)23)24-20(25)21(17,14-5-3-2-4-6-14)15-8-10-16(11-9-15)22(26)27/h7-12,14,26-27H,2-6H2,1H3,(H,24,25)/t21-/m0/s1. The number of aryl methyl sites for hydroxylation is 1. The van der Waals surface area contributed by atoms with Crippen molar-refractivity contribution < 1.29 is 19.2 Å². The lowest BCUT2D eigenvalue weighted by Gasteiger charge is -2.39. The van der Waals surface area contributed by atoms with Crippen LogP contribution in [-0.4, -0.2) is 23.1 Å². The van der Waals surface area contributed by atoms with E-state index in [-0.39, 0.29) is 23.3 Å². The van der Waals surface area contributed by atoms with Crippen LogP contribution in [0.3, 0.4) is 0 Å². The van der Waals surface area contributed by atoms with Crippen LogP contribution < -0.4 is 10.8 Å². The second-order valence-electron chi connectivity index (χ2n) is 7.71. The molecule has 1 atom stereocenters. The molecule has 0 bridgehead atoms. The van der Waals surface area contributed by atoms with E-state index in [1.54, 1.807) is 37.3 Å². The van der Waals surface area contributed by atoms with Crippen molar-refractivity contribution in [3.8, 4) is 0 Å². The molecule has 0 aromatic heterocycles. The highest BCUT2D eigenvalue weighted by atomic mass is 19.1. The molecule has 0 unspecified atom stereocenters. The minimum Gasteiger partial charge on any atom is -0.423 e. The number of rotatable bonds is 3. The molecule has 140 valence electrons. The number of hydrogen-bond acceptors (Lipinski definition) is 3. The van der Waals surface area contributed by atoms with Gasteiger partial charge < -0.3 is 15.4 Å². The highest BCUT2D eigenvalue weighted by molar-refractivity contribution is 6.58. The van der Waals surface area contributed by atoms with Crippen LogP contribution in [0.5, 0.6) is 0 Å². The SMILES string of the molecule is Cc1ccc2c(c1F)NC(=O)[C@]2(c1ccc(B(O)O)cc1)C1CCCCC1. The van der Waals surface area contributed by atoms with Gasteiger partial charge in [0.25, 0.3) is 0 Å². The summed E-state index contributed by atoms with van der Waals surface area (Å²) >= 11 is 0. The van der Waals surface area contributed by atoms with Crippen molar-refractivity contribution in [2.75, 3.05) is 5.32 Å². The predicted octanol–water partition coefficient (Wildman–Crippen LogP) is 2.63. The summed E-state index contributed by atoms with van der Waals surface area (Å²) in [5, 5.41) is 21.6. The molecule has 1 heterocycles. The van der Waals surface area contributed by atoms with Gasteiger partial charge in [-0.1, -0.05) is 55.7 Å². The van der Waals surface area contributed by atoms with Gasteiger partial charge in [-0.05, 0) is 47.8 Å². The zero-order valence-corrected chi connectivity index (χ0v) is 15.3. The Morgan fingerprint density at radius 1 is 1.07 bits per heavy atom. The molecule has 1 aliphatic carbocycles. The normalized spacial score (nSPS) is 22.4. The topological polar surface area (TPSA) is 69.6 Å². The number of benzene rings is 2. The first-order valence-electron chi connectivity index (χ1n) is 9.54. The molecule has 6 heteroatoms. The third kappa shape index (κ3) is 2.70. The van der Waals surface area contributed by atoms with Gasteiger partial charge in [-0.3, -0.25) is 4.79 Å². The van der Waals surface area contributed by atoms with E-state index in [0.717, 1.165) is 37.7 Å². The summed E-state index contributed by atoms with van der Waals surface area (Å²) in [5.41, 5.74) is 1.69. The summed E-state index contributed by atoms with van der Waals surface area (Å²) in [5.74, 6) is -0.480. The summed E-state index contributed by atoms with van der Waals surface area (Å²) in [7, 11) is -1.56. The number of carbonyl (C=O) groups excluding carboxylic acids is 1. The van der Waals surface area contributed by atoms with Crippen molar-refractivity contribution in [3.63, 3.8) is 0 Å². The van der Waals surface area contributed by atoms with Crippen molar-refractivity contribution in [1.82, 2.24) is 0 Å². The van der Waals surface area contributed by atoms with Crippen LogP contribution >= 0.6 is 0 Å². The fourth-order valence-electron chi connectivity index (χ4n) is 4.85. The van der Waals surface area contributed by atoms with E-state index < -0.39 is 12.5 Å². The Bertz CT molecular complexity index is 878. The van der Waals surface area contributed by atoms with Gasteiger partial charge in [0.2, 0.25) is 5.91 Å². The molecular formula is C21H23BFNO3. The van der Waals surface area contributed by atoms with E-state index in [0.29, 0.717) is 16.6 Å². The fourth-order valence-corrected chi connectivity index (χ4v) is 4.85. The van der Waals surface area contributed by atoms with Gasteiger partial charge in [-0.15, -0.1) is 0 Å². The zero-order valence-electron chi connectivity index (χ0n) is 15.3. The van der Waals surface area contributed by atoms with E-state index in [1.165, 1.54) is 0 Å². The van der Waals surface area contributed by atoms with Gasteiger partial charge in [0, 0.05) is 0 Å². The lowest BCUT2D eigenvalue weighted by molar-refractivity contribution is -0.121. The van der Waals surface area contributed by atoms with E-state index in [2.05, 4.69) is 5.32 Å². The van der Waals surface area contributed by atoms with Gasteiger partial charge in [0.05, 0.1) is 5.69 Å². The molecule has 3 N–H and O–H groups in total. The molecule has 2 aromatic rings. The second kappa shape index (κ2) is 6.77. The van der Waals surface area contributed by atoms with Crippen molar-refractivity contribution in [2.45, 2.75) is 44.4 Å². The molecule has 4 nitrogen and oxygen atoms in total. The molecule has 1 aliphatic heterocycles. The van der Waals surface area contributed by atoms with Crippen LogP contribution in [0.1, 0.15) is 48.8 Å². The number of nitrogens with one attached hydrogen (secondary N) is 1. The number of fused-ring (bicyclic) bond motifs is 1. The molecule has 1 fully saturated rings. The molecule has 0 radical (unpaired) electrons. The van der Waals surface area contributed by atoms with E-state index in [9.17, 15) is 19.2 Å². The van der Waals surface area contributed by atoms with Crippen LogP contribution in [0, 0.1) is 18.7 Å². The lowest BCUT2D eigenvalue weighted by atomic mass is 9.61. The van der Waals surface area contributed by atoms with Crippen LogP contribution in [0.15, 0.2) is 36.4 Å². The van der Waals surface area contributed by atoms with Gasteiger partial charge in [0.1, 0.15) is 11.2 Å². The average molecular weight is 367 g/mol. The second-order valence-corrected chi connectivity index (χ2v) is 7.71. The highest BCUT2D eigenvalue weighted by Gasteiger charge is 2.54. The number of amides is 1. The molecule has 4 rings (SSSR count). The summed E-state index contributed by atoms with van der Waals surface area (Å²) in [6, 6.07) is 10.4. The number of halogens is 1. The first-order chi connectivity index (χ1) is 13.0. The third-order valence-electron chi connectivity index (χ3n) is 6.24. The van der Waals surface area contributed by atoms with Gasteiger partial charge in [-0.25, -0.2) is 4.39 Å². The molecule has 2 aromatic carbocycles. The Hall–Kier alpha value is -2.18. The van der Waals surface area contributed by atoms with E-state index >= 15 is 0 Å². The molecular weight excluding hydrogens is 344 g/mol. The predicted molar refractivity (Wildman–Crippen MR) is 103 cm³/mol. The van der Waals surface area contributed by atoms with Crippen molar-refractivity contribution in [1.29, 1.82) is 0 Å². The van der Waals surface area contributed by atoms with Gasteiger partial charge in [0.15, 0.2) is 0 Å². The van der Waals surface area contributed by atoms with Crippen molar-refractivity contribution in [3.05, 3.63) is 58.9 Å². The van der Waals surface area contributed by atoms with Crippen LogP contribution in [0.25, 0.3) is 0 Å². The highest BCUT2D eigenvalue weighted by Crippen LogP contribution is 2.52. The quantitative estimate of drug-likeness (QED) is 0.731. The maximum atomic E-state index is 14.8. The smallest absolute Gasteiger partial charge is 0.423 e. The summed E-state index contributed by atoms with van der Waals surface area (Å²) in [6.07, 6.45) is 5.08. The monoisotopic (exact) mass is 367 g/mol. The van der Waals surface area contributed by atoms with E-state index in [4.69, 9.17) is 0 Å². The molecule has 0 saturated heterocycles. The summed E-state index contributed by atoms with van der Waals surface area (Å²) in [4.78, 5) is 13.4. The zero-order chi connectivity index (χ0) is 19.2. The Balaban J connectivity index is 1.93. The summed E-state index contributed by atoms with van der Waals surface area (Å²) in [6.45, 7) is 1.69. The molecule has 1 amide bonds. The largest absolute Gasteiger partial charge is 0.488 e. The fraction of sp³-hybridized carbons (Fsp3) is 0.381. The van der Waals surface area contributed by atoms with Crippen LogP contribution in [-0.2, 0) is 10.2 Å². The van der Waals surface area contributed by atoms with Gasteiger partial charge >= 0.3 is 7.12 Å². The van der Waals surface area contributed by atoms with E-state index in [1.807, 2.05) is 6.07 Å². The number of hydrogen-bond donors (Lipinski definition) is 3. The van der Waals surface area contributed by atoms with Crippen LogP contribution in [0.2, 0.25) is 0 Å². The molecule has 0 spiro atoms.